The van der Waals surface area contributed by atoms with E-state index in [1.807, 2.05) is 42.3 Å². The Balaban J connectivity index is 1.56. The topological polar surface area (TPSA) is 119 Å². The van der Waals surface area contributed by atoms with Crippen molar-refractivity contribution in [2.45, 2.75) is 12.6 Å². The summed E-state index contributed by atoms with van der Waals surface area (Å²) in [6.07, 6.45) is -0.468. The largest absolute Gasteiger partial charge is 0.504 e. The van der Waals surface area contributed by atoms with Gasteiger partial charge in [0, 0.05) is 26.2 Å². The molecular formula is C28H27ClN4O5. The highest BCUT2D eigenvalue weighted by Gasteiger charge is 2.22. The number of phenolic OH excluding ortho intramolecular Hbond substituents is 2. The van der Waals surface area contributed by atoms with Crippen molar-refractivity contribution in [2.24, 2.45) is 0 Å². The zero-order valence-electron chi connectivity index (χ0n) is 20.8. The first-order valence-electron chi connectivity index (χ1n) is 11.7. The summed E-state index contributed by atoms with van der Waals surface area (Å²) < 4.78 is 5.63. The van der Waals surface area contributed by atoms with Crippen LogP contribution in [0, 0.1) is 0 Å². The number of phenols is 2. The molecule has 1 atom stereocenters. The third-order valence-corrected chi connectivity index (χ3v) is 6.15. The van der Waals surface area contributed by atoms with Crippen molar-refractivity contribution in [3.8, 4) is 28.5 Å². The highest BCUT2D eigenvalue weighted by atomic mass is 35.5. The number of halogens is 1. The Morgan fingerprint density at radius 2 is 1.71 bits per heavy atom. The van der Waals surface area contributed by atoms with Crippen LogP contribution in [-0.2, 0) is 6.54 Å². The van der Waals surface area contributed by atoms with Gasteiger partial charge in [0.25, 0.3) is 0 Å². The number of benzene rings is 3. The fourth-order valence-corrected chi connectivity index (χ4v) is 3.98. The number of nitrogens with zero attached hydrogens (tertiary/aromatic N) is 4. The summed E-state index contributed by atoms with van der Waals surface area (Å²) >= 11 is 6.46. The van der Waals surface area contributed by atoms with Crippen LogP contribution in [0.1, 0.15) is 17.2 Å². The van der Waals surface area contributed by atoms with E-state index in [4.69, 9.17) is 16.3 Å². The first kappa shape index (κ1) is 26.7. The predicted molar refractivity (Wildman–Crippen MR) is 144 cm³/mol. The van der Waals surface area contributed by atoms with E-state index in [-0.39, 0.29) is 23.8 Å². The molecule has 0 saturated heterocycles. The lowest BCUT2D eigenvalue weighted by molar-refractivity contribution is 0.112. The van der Waals surface area contributed by atoms with Gasteiger partial charge >= 0.3 is 6.09 Å². The first-order valence-corrected chi connectivity index (χ1v) is 12.1. The molecule has 0 radical (unpaired) electrons. The molecule has 0 saturated carbocycles. The number of anilines is 1. The number of rotatable bonds is 8. The zero-order valence-corrected chi connectivity index (χ0v) is 21.6. The summed E-state index contributed by atoms with van der Waals surface area (Å²) in [4.78, 5) is 25.1. The molecule has 38 heavy (non-hydrogen) atoms. The average Bonchev–Trinajstić information content (AvgIpc) is 2.91. The molecule has 196 valence electrons. The molecule has 10 heteroatoms. The molecule has 0 fully saturated rings. The fourth-order valence-electron chi connectivity index (χ4n) is 3.75. The minimum absolute atomic E-state index is 0.101. The molecule has 0 spiro atoms. The number of hydrogen-bond acceptors (Lipinski definition) is 8. The van der Waals surface area contributed by atoms with Crippen molar-refractivity contribution in [1.29, 1.82) is 0 Å². The summed E-state index contributed by atoms with van der Waals surface area (Å²) in [7, 11) is 3.32. The Bertz CT molecular complexity index is 1420. The van der Waals surface area contributed by atoms with Gasteiger partial charge in [-0.2, -0.15) is 0 Å². The lowest BCUT2D eigenvalue weighted by atomic mass is 10.1. The molecule has 3 N–H and O–H groups in total. The number of amides is 1. The first-order chi connectivity index (χ1) is 18.2. The summed E-state index contributed by atoms with van der Waals surface area (Å²) in [6, 6.07) is 20.9. The molecule has 4 rings (SSSR count). The average molecular weight is 535 g/mol. The van der Waals surface area contributed by atoms with E-state index >= 15 is 0 Å². The van der Waals surface area contributed by atoms with E-state index < -0.39 is 12.2 Å². The number of aliphatic hydroxyl groups excluding tert-OH is 1. The summed E-state index contributed by atoms with van der Waals surface area (Å²) in [5.41, 5.74) is 2.31. The van der Waals surface area contributed by atoms with E-state index in [0.29, 0.717) is 34.3 Å². The number of ether oxygens (including phenoxy) is 1. The zero-order chi connectivity index (χ0) is 27.2. The molecule has 9 nitrogen and oxygen atoms in total. The Labute approximate surface area is 225 Å². The van der Waals surface area contributed by atoms with Gasteiger partial charge in [0.2, 0.25) is 5.95 Å². The predicted octanol–water partition coefficient (Wildman–Crippen LogP) is 5.01. The van der Waals surface area contributed by atoms with E-state index in [9.17, 15) is 20.1 Å². The normalized spacial score (nSPS) is 11.6. The highest BCUT2D eigenvalue weighted by molar-refractivity contribution is 6.33. The number of aliphatic hydroxyl groups is 1. The summed E-state index contributed by atoms with van der Waals surface area (Å²) in [5, 5.41) is 30.1. The molecule has 1 aromatic heterocycles. The molecule has 1 heterocycles. The third kappa shape index (κ3) is 6.31. The van der Waals surface area contributed by atoms with Crippen LogP contribution in [-0.4, -0.2) is 56.9 Å². The molecule has 0 aliphatic rings. The summed E-state index contributed by atoms with van der Waals surface area (Å²) in [5.74, 6) is -0.160. The van der Waals surface area contributed by atoms with Crippen molar-refractivity contribution in [2.75, 3.05) is 25.5 Å². The second-order valence-electron chi connectivity index (χ2n) is 8.72. The number of likely N-dealkylation sites (N-methyl/N-ethyl adjacent to an activating group) is 1. The Morgan fingerprint density at radius 1 is 1.00 bits per heavy atom. The monoisotopic (exact) mass is 534 g/mol. The molecule has 0 aliphatic heterocycles. The van der Waals surface area contributed by atoms with Gasteiger partial charge in [0.15, 0.2) is 17.2 Å². The van der Waals surface area contributed by atoms with E-state index in [2.05, 4.69) is 9.97 Å². The quantitative estimate of drug-likeness (QED) is 0.270. The van der Waals surface area contributed by atoms with E-state index in [1.54, 1.807) is 24.3 Å². The van der Waals surface area contributed by atoms with Crippen molar-refractivity contribution in [3.05, 3.63) is 95.1 Å². The van der Waals surface area contributed by atoms with Gasteiger partial charge in [-0.3, -0.25) is 0 Å². The number of carbonyl (C=O) groups excluding carboxylic acids is 1. The smallest absolute Gasteiger partial charge is 0.415 e. The van der Waals surface area contributed by atoms with Crippen LogP contribution >= 0.6 is 11.6 Å². The van der Waals surface area contributed by atoms with Gasteiger partial charge < -0.3 is 29.9 Å². The van der Waals surface area contributed by atoms with Crippen LogP contribution in [0.2, 0.25) is 5.02 Å². The van der Waals surface area contributed by atoms with Crippen LogP contribution < -0.4 is 9.64 Å². The van der Waals surface area contributed by atoms with Gasteiger partial charge in [0.1, 0.15) is 5.69 Å². The van der Waals surface area contributed by atoms with Crippen LogP contribution in [0.4, 0.5) is 10.7 Å². The molecule has 0 aliphatic carbocycles. The van der Waals surface area contributed by atoms with Crippen molar-refractivity contribution >= 4 is 23.6 Å². The molecule has 4 aromatic rings. The standard InChI is InChI=1S/C28H27ClN4O5/c1-32(16-18-8-4-3-5-9-18)27-30-15-25(26(31-27)20-10-6-7-11-21(20)29)38-28(37)33(2)17-24(36)19-12-13-22(34)23(35)14-19/h3-15,24,34-36H,16-17H2,1-2H3. The Morgan fingerprint density at radius 3 is 2.42 bits per heavy atom. The molecule has 1 amide bonds. The van der Waals surface area contributed by atoms with Gasteiger partial charge in [-0.1, -0.05) is 66.2 Å². The van der Waals surface area contributed by atoms with Crippen molar-refractivity contribution in [3.63, 3.8) is 0 Å². The van der Waals surface area contributed by atoms with Crippen LogP contribution in [0.25, 0.3) is 11.3 Å². The Kier molecular flexibility index (Phi) is 8.30. The van der Waals surface area contributed by atoms with Gasteiger partial charge in [0.05, 0.1) is 23.9 Å². The SMILES string of the molecule is CN(CC(O)c1ccc(O)c(O)c1)C(=O)Oc1cnc(N(C)Cc2ccccc2)nc1-c1ccccc1Cl. The van der Waals surface area contributed by atoms with Crippen LogP contribution in [0.3, 0.4) is 0 Å². The second-order valence-corrected chi connectivity index (χ2v) is 9.12. The molecule has 3 aromatic carbocycles. The molecule has 1 unspecified atom stereocenters. The lowest BCUT2D eigenvalue weighted by Gasteiger charge is -2.22. The van der Waals surface area contributed by atoms with Gasteiger partial charge in [-0.05, 0) is 29.3 Å². The second kappa shape index (κ2) is 11.8. The third-order valence-electron chi connectivity index (χ3n) is 5.82. The van der Waals surface area contributed by atoms with E-state index in [0.717, 1.165) is 5.56 Å². The number of aromatic hydroxyl groups is 2. The number of carbonyl (C=O) groups is 1. The minimum Gasteiger partial charge on any atom is -0.504 e. The van der Waals surface area contributed by atoms with E-state index in [1.165, 1.54) is 36.3 Å². The molecular weight excluding hydrogens is 508 g/mol. The lowest BCUT2D eigenvalue weighted by Crippen LogP contribution is -2.33. The fraction of sp³-hybridized carbons (Fsp3) is 0.179. The van der Waals surface area contributed by atoms with Crippen molar-refractivity contribution < 1.29 is 24.9 Å². The van der Waals surface area contributed by atoms with Gasteiger partial charge in [-0.25, -0.2) is 14.8 Å². The Hall–Kier alpha value is -4.34. The van der Waals surface area contributed by atoms with Crippen LogP contribution in [0.15, 0.2) is 79.0 Å². The molecule has 0 bridgehead atoms. The number of hydrogen-bond donors (Lipinski definition) is 3. The van der Waals surface area contributed by atoms with Gasteiger partial charge in [-0.15, -0.1) is 0 Å². The number of aromatic nitrogens is 2. The maximum absolute atomic E-state index is 12.9. The van der Waals surface area contributed by atoms with Crippen LogP contribution in [0.5, 0.6) is 17.2 Å². The summed E-state index contributed by atoms with van der Waals surface area (Å²) in [6.45, 7) is 0.429. The maximum Gasteiger partial charge on any atom is 0.415 e. The van der Waals surface area contributed by atoms with Crippen molar-refractivity contribution in [1.82, 2.24) is 14.9 Å². The minimum atomic E-state index is -1.13. The highest BCUT2D eigenvalue weighted by Crippen LogP contribution is 2.34. The maximum atomic E-state index is 12.9.